The number of unbranched alkanes of at least 4 members (excludes halogenated alkanes) is 2. The summed E-state index contributed by atoms with van der Waals surface area (Å²) < 4.78 is 16.3. The highest BCUT2D eigenvalue weighted by atomic mass is 19.1. The first-order chi connectivity index (χ1) is 17.7. The Kier molecular flexibility index (Phi) is 10.2. The molecule has 0 radical (unpaired) electrons. The van der Waals surface area contributed by atoms with Gasteiger partial charge in [0.05, 0.1) is 5.69 Å². The Bertz CT molecular complexity index is 1180. The predicted molar refractivity (Wildman–Crippen MR) is 151 cm³/mol. The van der Waals surface area contributed by atoms with E-state index in [2.05, 4.69) is 48.4 Å². The summed E-state index contributed by atoms with van der Waals surface area (Å²) in [5, 5.41) is 0. The van der Waals surface area contributed by atoms with Crippen LogP contribution in [-0.2, 0) is 17.8 Å². The molecule has 0 fully saturated rings. The van der Waals surface area contributed by atoms with E-state index in [9.17, 15) is 9.18 Å². The summed E-state index contributed by atoms with van der Waals surface area (Å²) in [6, 6.07) is 17.2. The van der Waals surface area contributed by atoms with Gasteiger partial charge in [-0.1, -0.05) is 81.5 Å². The van der Waals surface area contributed by atoms with E-state index >= 15 is 0 Å². The summed E-state index contributed by atoms with van der Waals surface area (Å²) in [6.45, 7) is 10.9. The molecule has 0 amide bonds. The molecular formula is C33H38FNO. The topological polar surface area (TPSA) is 22.0 Å². The average molecular weight is 484 g/mol. The van der Waals surface area contributed by atoms with Crippen LogP contribution in [0.5, 0.6) is 0 Å². The minimum absolute atomic E-state index is 0.0405. The van der Waals surface area contributed by atoms with Gasteiger partial charge in [0, 0.05) is 29.6 Å². The van der Waals surface area contributed by atoms with Crippen LogP contribution in [0.1, 0.15) is 57.2 Å². The molecule has 1 aliphatic rings. The van der Waals surface area contributed by atoms with E-state index in [1.54, 1.807) is 0 Å². The Morgan fingerprint density at radius 1 is 0.944 bits per heavy atom. The van der Waals surface area contributed by atoms with E-state index in [0.29, 0.717) is 0 Å². The fourth-order valence-corrected chi connectivity index (χ4v) is 5.08. The van der Waals surface area contributed by atoms with Crippen LogP contribution in [0.15, 0.2) is 91.6 Å². The van der Waals surface area contributed by atoms with Crippen LogP contribution in [0.4, 0.5) is 4.39 Å². The fraction of sp³-hybridized carbons (Fsp3) is 0.303. The number of hydrogen-bond acceptors (Lipinski definition) is 1. The molecule has 3 aromatic rings. The Balaban J connectivity index is 0.00000176. The van der Waals surface area contributed by atoms with E-state index in [1.165, 1.54) is 23.4 Å². The molecule has 0 bridgehead atoms. The number of hydrogen-bond donors (Lipinski definition) is 0. The number of nitrogens with zero attached hydrogens (tertiary/aromatic N) is 1. The number of carbonyl (C=O) groups excluding carboxylic acids is 1. The van der Waals surface area contributed by atoms with Gasteiger partial charge in [0.15, 0.2) is 0 Å². The summed E-state index contributed by atoms with van der Waals surface area (Å²) >= 11 is 0. The molecular weight excluding hydrogens is 445 g/mol. The highest BCUT2D eigenvalue weighted by Gasteiger charge is 2.31. The smallest absolute Gasteiger partial charge is 0.127 e. The van der Waals surface area contributed by atoms with E-state index in [4.69, 9.17) is 0 Å². The van der Waals surface area contributed by atoms with Gasteiger partial charge in [-0.05, 0) is 66.6 Å². The second-order valence-corrected chi connectivity index (χ2v) is 8.76. The third-order valence-electron chi connectivity index (χ3n) is 6.64. The number of rotatable bonds is 10. The second-order valence-electron chi connectivity index (χ2n) is 8.76. The van der Waals surface area contributed by atoms with Crippen LogP contribution >= 0.6 is 0 Å². The third kappa shape index (κ3) is 5.84. The lowest BCUT2D eigenvalue weighted by Gasteiger charge is -2.22. The maximum absolute atomic E-state index is 13.9. The molecule has 2 unspecified atom stereocenters. The van der Waals surface area contributed by atoms with Gasteiger partial charge < -0.3 is 9.36 Å². The Morgan fingerprint density at radius 2 is 1.64 bits per heavy atom. The van der Waals surface area contributed by atoms with Crippen molar-refractivity contribution in [2.45, 2.75) is 58.9 Å². The van der Waals surface area contributed by atoms with E-state index in [1.807, 2.05) is 56.4 Å². The first-order valence-electron chi connectivity index (χ1n) is 13.2. The molecule has 0 saturated heterocycles. The van der Waals surface area contributed by atoms with Crippen molar-refractivity contribution in [3.63, 3.8) is 0 Å². The molecule has 0 N–H and O–H groups in total. The quantitative estimate of drug-likeness (QED) is 0.160. The van der Waals surface area contributed by atoms with Gasteiger partial charge in [-0.3, -0.25) is 0 Å². The third-order valence-corrected chi connectivity index (χ3v) is 6.64. The van der Waals surface area contributed by atoms with Crippen LogP contribution in [0.2, 0.25) is 0 Å². The number of carbonyl (C=O) groups is 1. The van der Waals surface area contributed by atoms with Crippen molar-refractivity contribution < 1.29 is 9.18 Å². The Labute approximate surface area is 215 Å². The number of halogens is 1. The highest BCUT2D eigenvalue weighted by molar-refractivity contribution is 5.87. The lowest BCUT2D eigenvalue weighted by Crippen LogP contribution is -2.15. The zero-order valence-corrected chi connectivity index (χ0v) is 21.8. The minimum atomic E-state index is -0.244. The normalized spacial score (nSPS) is 16.3. The van der Waals surface area contributed by atoms with Crippen LogP contribution < -0.4 is 0 Å². The summed E-state index contributed by atoms with van der Waals surface area (Å²) in [5.41, 5.74) is 6.80. The van der Waals surface area contributed by atoms with Gasteiger partial charge in [0.2, 0.25) is 0 Å². The van der Waals surface area contributed by atoms with Gasteiger partial charge >= 0.3 is 0 Å². The van der Waals surface area contributed by atoms with Crippen LogP contribution in [0.25, 0.3) is 22.4 Å². The molecule has 36 heavy (non-hydrogen) atoms. The van der Waals surface area contributed by atoms with Crippen molar-refractivity contribution in [3.05, 3.63) is 109 Å². The lowest BCUT2D eigenvalue weighted by molar-refractivity contribution is -0.110. The second kappa shape index (κ2) is 13.6. The van der Waals surface area contributed by atoms with E-state index < -0.39 is 0 Å². The highest BCUT2D eigenvalue weighted by Crippen LogP contribution is 2.46. The molecule has 0 aliphatic heterocycles. The molecule has 2 atom stereocenters. The number of aldehydes is 1. The Morgan fingerprint density at radius 3 is 2.28 bits per heavy atom. The molecule has 2 nitrogen and oxygen atoms in total. The minimum Gasteiger partial charge on any atom is -0.344 e. The lowest BCUT2D eigenvalue weighted by atomic mass is 9.80. The van der Waals surface area contributed by atoms with Crippen molar-refractivity contribution in [3.8, 4) is 22.4 Å². The molecule has 1 aromatic heterocycles. The van der Waals surface area contributed by atoms with Gasteiger partial charge in [-0.2, -0.15) is 0 Å². The van der Waals surface area contributed by atoms with E-state index in [-0.39, 0.29) is 17.7 Å². The number of aromatic nitrogens is 1. The number of allylic oxidation sites excluding steroid dienone is 5. The predicted octanol–water partition coefficient (Wildman–Crippen LogP) is 8.93. The zero-order valence-electron chi connectivity index (χ0n) is 21.8. The maximum Gasteiger partial charge on any atom is 0.127 e. The van der Waals surface area contributed by atoms with Crippen molar-refractivity contribution in [2.75, 3.05) is 0 Å². The molecule has 2 aromatic carbocycles. The summed E-state index contributed by atoms with van der Waals surface area (Å²) in [5.74, 6) is -0.497. The standard InChI is InChI=1S/C31H32FNO.C2H6/c1-3-5-6-12-21-33-28(4-2)30(27-16-11-10-15-25(27)22-34)29(23-13-8-7-9-14-23)31(33)24-17-19-26(32)20-18-24;1-2/h3,7-11,13-20,22,25,27H,1,4-6,12,21H2,2H3;1-2H3. The molecule has 188 valence electrons. The zero-order chi connectivity index (χ0) is 25.9. The molecule has 1 aliphatic carbocycles. The van der Waals surface area contributed by atoms with Crippen LogP contribution in [0, 0.1) is 11.7 Å². The first-order valence-corrected chi connectivity index (χ1v) is 13.2. The summed E-state index contributed by atoms with van der Waals surface area (Å²) in [7, 11) is 0. The Hall–Kier alpha value is -3.46. The SMILES string of the molecule is C=CCCCCn1c(CC)c(C2C=CC=CC2C=O)c(-c2ccccc2)c1-c1ccc(F)cc1.CC. The van der Waals surface area contributed by atoms with Gasteiger partial charge in [0.1, 0.15) is 12.1 Å². The van der Waals surface area contributed by atoms with Crippen LogP contribution in [0.3, 0.4) is 0 Å². The van der Waals surface area contributed by atoms with Gasteiger partial charge in [-0.25, -0.2) is 4.39 Å². The van der Waals surface area contributed by atoms with Crippen molar-refractivity contribution >= 4 is 6.29 Å². The molecule has 0 saturated carbocycles. The number of benzene rings is 2. The molecule has 0 spiro atoms. The molecule has 3 heteroatoms. The first kappa shape index (κ1) is 27.1. The van der Waals surface area contributed by atoms with Gasteiger partial charge in [-0.15, -0.1) is 6.58 Å². The van der Waals surface area contributed by atoms with Gasteiger partial charge in [0.25, 0.3) is 0 Å². The van der Waals surface area contributed by atoms with Crippen LogP contribution in [-0.4, -0.2) is 10.9 Å². The van der Waals surface area contributed by atoms with Crippen molar-refractivity contribution in [2.24, 2.45) is 5.92 Å². The van der Waals surface area contributed by atoms with Crippen molar-refractivity contribution in [1.29, 1.82) is 0 Å². The average Bonchev–Trinajstić information content (AvgIpc) is 3.27. The monoisotopic (exact) mass is 483 g/mol. The summed E-state index contributed by atoms with van der Waals surface area (Å²) in [4.78, 5) is 12.1. The molecule has 4 rings (SSSR count). The largest absolute Gasteiger partial charge is 0.344 e. The maximum atomic E-state index is 13.9. The summed E-state index contributed by atoms with van der Waals surface area (Å²) in [6.07, 6.45) is 15.1. The molecule has 1 heterocycles. The van der Waals surface area contributed by atoms with Crippen molar-refractivity contribution in [1.82, 2.24) is 4.57 Å². The van der Waals surface area contributed by atoms with E-state index in [0.717, 1.165) is 60.9 Å². The fourth-order valence-electron chi connectivity index (χ4n) is 5.08.